The first-order valence-corrected chi connectivity index (χ1v) is 5.74. The zero-order chi connectivity index (χ0) is 13.1. The Bertz CT molecular complexity index is 551. The first-order chi connectivity index (χ1) is 8.63. The van der Waals surface area contributed by atoms with E-state index in [1.807, 2.05) is 6.92 Å². The molecule has 0 radical (unpaired) electrons. The maximum Gasteiger partial charge on any atom is 0.305 e. The Hall–Kier alpha value is -1.89. The Morgan fingerprint density at radius 1 is 1.67 bits per heavy atom. The molecule has 8 heteroatoms. The normalized spacial score (nSPS) is 12.6. The van der Waals surface area contributed by atoms with Crippen LogP contribution in [0.1, 0.15) is 25.8 Å². The number of nitrogens with zero attached hydrogens (tertiary/aromatic N) is 4. The highest BCUT2D eigenvalue weighted by Gasteiger charge is 2.22. The van der Waals surface area contributed by atoms with Crippen molar-refractivity contribution >= 4 is 17.6 Å². The van der Waals surface area contributed by atoms with E-state index in [9.17, 15) is 4.79 Å². The van der Waals surface area contributed by atoms with Crippen molar-refractivity contribution in [1.82, 2.24) is 20.2 Å². The molecule has 7 nitrogen and oxygen atoms in total. The van der Waals surface area contributed by atoms with E-state index in [0.717, 1.165) is 0 Å². The highest BCUT2D eigenvalue weighted by Crippen LogP contribution is 2.29. The molecule has 2 aromatic rings. The molecule has 96 valence electrons. The lowest BCUT2D eigenvalue weighted by molar-refractivity contribution is -0.138. The second-order valence-electron chi connectivity index (χ2n) is 3.71. The van der Waals surface area contributed by atoms with Crippen LogP contribution in [0.5, 0.6) is 0 Å². The van der Waals surface area contributed by atoms with Gasteiger partial charge in [-0.25, -0.2) is 4.68 Å². The standard InChI is InChI=1S/C10H11ClN4O3/c1-2-6(5-8(16)17)15-10(12-13-14-15)7-3-4-18-9(7)11/h3-4,6H,2,5H2,1H3,(H,16,17). The number of furan rings is 1. The van der Waals surface area contributed by atoms with E-state index < -0.39 is 5.97 Å². The van der Waals surface area contributed by atoms with E-state index in [0.29, 0.717) is 17.8 Å². The van der Waals surface area contributed by atoms with Gasteiger partial charge in [0.15, 0.2) is 5.82 Å². The quantitative estimate of drug-likeness (QED) is 0.893. The monoisotopic (exact) mass is 270 g/mol. The number of aromatic nitrogens is 4. The summed E-state index contributed by atoms with van der Waals surface area (Å²) in [6, 6.07) is 1.32. The van der Waals surface area contributed by atoms with Gasteiger partial charge in [-0.15, -0.1) is 5.10 Å². The van der Waals surface area contributed by atoms with Crippen molar-refractivity contribution in [3.8, 4) is 11.4 Å². The number of carboxylic acids is 1. The first kappa shape index (κ1) is 12.6. The second kappa shape index (κ2) is 5.18. The average Bonchev–Trinajstić information content (AvgIpc) is 2.93. The van der Waals surface area contributed by atoms with Crippen LogP contribution >= 0.6 is 11.6 Å². The van der Waals surface area contributed by atoms with Gasteiger partial charge in [0.25, 0.3) is 0 Å². The third-order valence-corrected chi connectivity index (χ3v) is 2.87. The zero-order valence-electron chi connectivity index (χ0n) is 9.58. The van der Waals surface area contributed by atoms with Crippen molar-refractivity contribution in [2.45, 2.75) is 25.8 Å². The van der Waals surface area contributed by atoms with Gasteiger partial charge in [0.2, 0.25) is 5.22 Å². The summed E-state index contributed by atoms with van der Waals surface area (Å²) in [4.78, 5) is 10.8. The van der Waals surface area contributed by atoms with Crippen LogP contribution in [0.3, 0.4) is 0 Å². The summed E-state index contributed by atoms with van der Waals surface area (Å²) in [5.74, 6) is -0.497. The van der Waals surface area contributed by atoms with Crippen molar-refractivity contribution in [2.75, 3.05) is 0 Å². The van der Waals surface area contributed by atoms with Crippen LogP contribution < -0.4 is 0 Å². The van der Waals surface area contributed by atoms with Crippen LogP contribution in [0, 0.1) is 0 Å². The highest BCUT2D eigenvalue weighted by molar-refractivity contribution is 6.31. The van der Waals surface area contributed by atoms with Crippen LogP contribution in [0.4, 0.5) is 0 Å². The van der Waals surface area contributed by atoms with Crippen molar-refractivity contribution in [1.29, 1.82) is 0 Å². The molecule has 0 aromatic carbocycles. The van der Waals surface area contributed by atoms with Crippen LogP contribution in [-0.4, -0.2) is 31.3 Å². The lowest BCUT2D eigenvalue weighted by Crippen LogP contribution is -2.15. The van der Waals surface area contributed by atoms with Crippen molar-refractivity contribution < 1.29 is 14.3 Å². The average molecular weight is 271 g/mol. The molecule has 18 heavy (non-hydrogen) atoms. The summed E-state index contributed by atoms with van der Waals surface area (Å²) < 4.78 is 6.44. The van der Waals surface area contributed by atoms with Gasteiger partial charge in [0, 0.05) is 0 Å². The molecule has 0 aliphatic carbocycles. The number of carboxylic acid groups (broad SMARTS) is 1. The van der Waals surface area contributed by atoms with Crippen LogP contribution in [-0.2, 0) is 4.79 Å². The van der Waals surface area contributed by atoms with Gasteiger partial charge >= 0.3 is 5.97 Å². The molecule has 2 heterocycles. The Kier molecular flexibility index (Phi) is 3.61. The molecule has 0 bridgehead atoms. The van der Waals surface area contributed by atoms with E-state index in [1.54, 1.807) is 6.07 Å². The Morgan fingerprint density at radius 3 is 3.00 bits per heavy atom. The molecule has 0 aliphatic rings. The summed E-state index contributed by atoms with van der Waals surface area (Å²) in [6.07, 6.45) is 1.97. The van der Waals surface area contributed by atoms with Gasteiger partial charge in [0.1, 0.15) is 0 Å². The smallest absolute Gasteiger partial charge is 0.305 e. The third kappa shape index (κ3) is 2.35. The fourth-order valence-corrected chi connectivity index (χ4v) is 1.87. The zero-order valence-corrected chi connectivity index (χ0v) is 10.3. The van der Waals surface area contributed by atoms with Gasteiger partial charge < -0.3 is 9.52 Å². The second-order valence-corrected chi connectivity index (χ2v) is 4.06. The molecule has 1 unspecified atom stereocenters. The Balaban J connectivity index is 2.38. The van der Waals surface area contributed by atoms with Gasteiger partial charge in [-0.2, -0.15) is 0 Å². The minimum atomic E-state index is -0.901. The van der Waals surface area contributed by atoms with Gasteiger partial charge in [0.05, 0.1) is 24.3 Å². The number of rotatable bonds is 5. The molecule has 1 N–H and O–H groups in total. The highest BCUT2D eigenvalue weighted by atomic mass is 35.5. The van der Waals surface area contributed by atoms with Gasteiger partial charge in [-0.1, -0.05) is 6.92 Å². The molecule has 0 aliphatic heterocycles. The summed E-state index contributed by atoms with van der Waals surface area (Å²) in [5.41, 5.74) is 0.547. The maximum atomic E-state index is 10.8. The number of hydrogen-bond acceptors (Lipinski definition) is 5. The molecule has 0 spiro atoms. The molecule has 0 saturated carbocycles. The molecule has 0 fully saturated rings. The van der Waals surface area contributed by atoms with Crippen LogP contribution in [0.25, 0.3) is 11.4 Å². The molecule has 2 rings (SSSR count). The number of hydrogen-bond donors (Lipinski definition) is 1. The van der Waals surface area contributed by atoms with Gasteiger partial charge in [-0.05, 0) is 34.5 Å². The molecular weight excluding hydrogens is 260 g/mol. The fraction of sp³-hybridized carbons (Fsp3) is 0.400. The minimum Gasteiger partial charge on any atom is -0.481 e. The summed E-state index contributed by atoms with van der Waals surface area (Å²) in [7, 11) is 0. The predicted molar refractivity (Wildman–Crippen MR) is 62.1 cm³/mol. The van der Waals surface area contributed by atoms with Crippen LogP contribution in [0.15, 0.2) is 16.7 Å². The van der Waals surface area contributed by atoms with E-state index in [1.165, 1.54) is 10.9 Å². The lowest BCUT2D eigenvalue weighted by atomic mass is 10.1. The number of halogens is 1. The number of tetrazole rings is 1. The topological polar surface area (TPSA) is 94.0 Å². The summed E-state index contributed by atoms with van der Waals surface area (Å²) >= 11 is 5.86. The Labute approximate surface area is 107 Å². The van der Waals surface area contributed by atoms with E-state index >= 15 is 0 Å². The van der Waals surface area contributed by atoms with E-state index in [4.69, 9.17) is 21.1 Å². The van der Waals surface area contributed by atoms with Crippen molar-refractivity contribution in [3.05, 3.63) is 17.5 Å². The van der Waals surface area contributed by atoms with Crippen molar-refractivity contribution in [3.63, 3.8) is 0 Å². The van der Waals surface area contributed by atoms with E-state index in [-0.39, 0.29) is 17.7 Å². The lowest BCUT2D eigenvalue weighted by Gasteiger charge is -2.13. The minimum absolute atomic E-state index is 0.0516. The third-order valence-electron chi connectivity index (χ3n) is 2.58. The predicted octanol–water partition coefficient (Wildman–Crippen LogP) is 2.01. The fourth-order valence-electron chi connectivity index (χ4n) is 1.68. The largest absolute Gasteiger partial charge is 0.481 e. The molecule has 0 saturated heterocycles. The first-order valence-electron chi connectivity index (χ1n) is 5.36. The Morgan fingerprint density at radius 2 is 2.44 bits per heavy atom. The van der Waals surface area contributed by atoms with Crippen LogP contribution in [0.2, 0.25) is 5.22 Å². The molecular formula is C10H11ClN4O3. The maximum absolute atomic E-state index is 10.8. The number of carbonyl (C=O) groups is 1. The molecule has 2 aromatic heterocycles. The SMILES string of the molecule is CCC(CC(=O)O)n1nnnc1-c1ccoc1Cl. The van der Waals surface area contributed by atoms with Crippen molar-refractivity contribution in [2.24, 2.45) is 0 Å². The molecule has 0 amide bonds. The summed E-state index contributed by atoms with van der Waals surface area (Å²) in [6.45, 7) is 1.87. The van der Waals surface area contributed by atoms with E-state index in [2.05, 4.69) is 15.5 Å². The van der Waals surface area contributed by atoms with Gasteiger partial charge in [-0.3, -0.25) is 4.79 Å². The molecule has 1 atom stereocenters. The summed E-state index contributed by atoms with van der Waals surface area (Å²) in [5, 5.41) is 20.3. The number of aliphatic carboxylic acids is 1.